The first-order chi connectivity index (χ1) is 9.17. The van der Waals surface area contributed by atoms with Crippen molar-refractivity contribution in [2.24, 2.45) is 5.92 Å². The van der Waals surface area contributed by atoms with Crippen molar-refractivity contribution in [1.29, 1.82) is 0 Å². The van der Waals surface area contributed by atoms with Gasteiger partial charge in [0, 0.05) is 13.2 Å². The van der Waals surface area contributed by atoms with Gasteiger partial charge >= 0.3 is 0 Å². The van der Waals surface area contributed by atoms with Crippen LogP contribution in [0.15, 0.2) is 0 Å². The molecule has 0 aromatic rings. The van der Waals surface area contributed by atoms with E-state index in [2.05, 4.69) is 26.1 Å². The molecule has 0 aromatic heterocycles. The molecule has 2 rings (SSSR count). The first-order valence-electron chi connectivity index (χ1n) is 7.85. The molecule has 2 aliphatic heterocycles. The summed E-state index contributed by atoms with van der Waals surface area (Å²) in [7, 11) is 0. The van der Waals surface area contributed by atoms with Crippen molar-refractivity contribution in [3.05, 3.63) is 0 Å². The van der Waals surface area contributed by atoms with Gasteiger partial charge in [0.25, 0.3) is 0 Å². The Labute approximate surface area is 116 Å². The van der Waals surface area contributed by atoms with Crippen LogP contribution in [0.5, 0.6) is 0 Å². The van der Waals surface area contributed by atoms with Crippen LogP contribution < -0.4 is 5.32 Å². The molecule has 0 bridgehead atoms. The maximum Gasteiger partial charge on any atom is 0.241 e. The van der Waals surface area contributed by atoms with Crippen LogP contribution in [0.4, 0.5) is 0 Å². The number of hydrogen-bond donors (Lipinski definition) is 1. The van der Waals surface area contributed by atoms with Crippen molar-refractivity contribution in [3.63, 3.8) is 0 Å². The van der Waals surface area contributed by atoms with E-state index in [4.69, 9.17) is 4.74 Å². The predicted molar refractivity (Wildman–Crippen MR) is 75.8 cm³/mol. The molecule has 4 atom stereocenters. The Morgan fingerprint density at radius 2 is 2.26 bits per heavy atom. The summed E-state index contributed by atoms with van der Waals surface area (Å²) in [4.78, 5) is 14.5. The van der Waals surface area contributed by atoms with E-state index < -0.39 is 0 Å². The van der Waals surface area contributed by atoms with Crippen molar-refractivity contribution in [1.82, 2.24) is 10.2 Å². The van der Waals surface area contributed by atoms with Crippen LogP contribution in [0, 0.1) is 5.92 Å². The third-order valence-corrected chi connectivity index (χ3v) is 4.61. The Morgan fingerprint density at radius 3 is 2.84 bits per heavy atom. The van der Waals surface area contributed by atoms with E-state index in [-0.39, 0.29) is 12.2 Å². The van der Waals surface area contributed by atoms with Gasteiger partial charge in [0.05, 0.1) is 18.3 Å². The summed E-state index contributed by atoms with van der Waals surface area (Å²) >= 11 is 0. The summed E-state index contributed by atoms with van der Waals surface area (Å²) < 4.78 is 5.65. The molecule has 2 fully saturated rings. The van der Waals surface area contributed by atoms with Gasteiger partial charge in [-0.1, -0.05) is 27.2 Å². The quantitative estimate of drug-likeness (QED) is 0.802. The number of nitrogens with one attached hydrogen (secondary N) is 1. The van der Waals surface area contributed by atoms with Gasteiger partial charge in [-0.05, 0) is 31.6 Å². The summed E-state index contributed by atoms with van der Waals surface area (Å²) in [6, 6.07) is 0.0134. The summed E-state index contributed by atoms with van der Waals surface area (Å²) in [6.45, 7) is 8.18. The number of carbonyl (C=O) groups excluding carboxylic acids is 1. The zero-order valence-corrected chi connectivity index (χ0v) is 12.5. The number of carbonyl (C=O) groups is 1. The lowest BCUT2D eigenvalue weighted by molar-refractivity contribution is -0.131. The highest BCUT2D eigenvalue weighted by Gasteiger charge is 2.40. The zero-order valence-electron chi connectivity index (χ0n) is 12.5. The third-order valence-electron chi connectivity index (χ3n) is 4.61. The number of hydrogen-bond acceptors (Lipinski definition) is 3. The molecule has 110 valence electrons. The van der Waals surface area contributed by atoms with Crippen molar-refractivity contribution < 1.29 is 9.53 Å². The van der Waals surface area contributed by atoms with Crippen molar-refractivity contribution in [2.45, 2.75) is 71.2 Å². The smallest absolute Gasteiger partial charge is 0.241 e. The van der Waals surface area contributed by atoms with Crippen molar-refractivity contribution in [3.8, 4) is 0 Å². The number of nitrogens with zero attached hydrogens (tertiary/aromatic N) is 1. The molecule has 2 saturated heterocycles. The molecular weight excluding hydrogens is 240 g/mol. The van der Waals surface area contributed by atoms with Crippen LogP contribution >= 0.6 is 0 Å². The van der Waals surface area contributed by atoms with E-state index >= 15 is 0 Å². The molecule has 1 amide bonds. The Balaban J connectivity index is 1.91. The number of ether oxygens (including phenoxy) is 1. The molecule has 4 nitrogen and oxygen atoms in total. The summed E-state index contributed by atoms with van der Waals surface area (Å²) in [6.07, 6.45) is 5.91. The molecule has 2 aliphatic rings. The largest absolute Gasteiger partial charge is 0.378 e. The maximum atomic E-state index is 12.5. The predicted octanol–water partition coefficient (Wildman–Crippen LogP) is 2.14. The van der Waals surface area contributed by atoms with Crippen LogP contribution in [0.3, 0.4) is 0 Å². The molecule has 0 aliphatic carbocycles. The first-order valence-corrected chi connectivity index (χ1v) is 7.85. The van der Waals surface area contributed by atoms with Gasteiger partial charge in [-0.2, -0.15) is 0 Å². The molecule has 4 heteroatoms. The molecule has 2 heterocycles. The molecule has 0 saturated carbocycles. The van der Waals surface area contributed by atoms with Crippen LogP contribution in [0.2, 0.25) is 0 Å². The minimum Gasteiger partial charge on any atom is -0.378 e. The van der Waals surface area contributed by atoms with Gasteiger partial charge in [-0.25, -0.2) is 0 Å². The van der Waals surface area contributed by atoms with E-state index in [1.807, 2.05) is 4.90 Å². The lowest BCUT2D eigenvalue weighted by Gasteiger charge is -2.24. The normalized spacial score (nSPS) is 33.1. The highest BCUT2D eigenvalue weighted by Crippen LogP contribution is 2.23. The maximum absolute atomic E-state index is 12.5. The van der Waals surface area contributed by atoms with Gasteiger partial charge in [-0.3, -0.25) is 10.1 Å². The topological polar surface area (TPSA) is 41.6 Å². The Morgan fingerprint density at radius 1 is 1.47 bits per heavy atom. The molecule has 0 radical (unpaired) electrons. The highest BCUT2D eigenvalue weighted by atomic mass is 16.5. The molecule has 1 N–H and O–H groups in total. The minimum atomic E-state index is 0.0134. The van der Waals surface area contributed by atoms with Crippen LogP contribution in [-0.4, -0.2) is 42.3 Å². The number of amides is 1. The second kappa shape index (κ2) is 6.71. The van der Waals surface area contributed by atoms with Crippen LogP contribution in [-0.2, 0) is 9.53 Å². The molecule has 19 heavy (non-hydrogen) atoms. The van der Waals surface area contributed by atoms with Crippen molar-refractivity contribution in [2.75, 3.05) is 13.2 Å². The summed E-state index contributed by atoms with van der Waals surface area (Å²) in [5, 5.41) is 3.50. The monoisotopic (exact) mass is 268 g/mol. The average Bonchev–Trinajstić information content (AvgIpc) is 3.03. The van der Waals surface area contributed by atoms with Crippen molar-refractivity contribution >= 4 is 5.91 Å². The molecule has 0 aromatic carbocycles. The van der Waals surface area contributed by atoms with Crippen LogP contribution in [0.25, 0.3) is 0 Å². The van der Waals surface area contributed by atoms with E-state index in [1.54, 1.807) is 0 Å². The third kappa shape index (κ3) is 3.29. The standard InChI is InChI=1S/C15H28N2O2/c1-4-11(3)14-15(18)17(13(5-2)16-14)9-8-12-7-6-10-19-12/h11-14,16H,4-10H2,1-3H3. The molecular formula is C15H28N2O2. The highest BCUT2D eigenvalue weighted by molar-refractivity contribution is 5.84. The van der Waals surface area contributed by atoms with Gasteiger partial charge in [0.1, 0.15) is 0 Å². The summed E-state index contributed by atoms with van der Waals surface area (Å²) in [5.74, 6) is 0.702. The zero-order chi connectivity index (χ0) is 13.8. The van der Waals surface area contributed by atoms with Gasteiger partial charge in [-0.15, -0.1) is 0 Å². The SMILES string of the molecule is CCC(C)C1NC(CC)N(CCC2CCCO2)C1=O. The first kappa shape index (κ1) is 14.8. The fourth-order valence-electron chi connectivity index (χ4n) is 3.10. The van der Waals surface area contributed by atoms with E-state index in [9.17, 15) is 4.79 Å². The second-order valence-corrected chi connectivity index (χ2v) is 5.91. The minimum absolute atomic E-state index is 0.0134. The number of rotatable bonds is 6. The second-order valence-electron chi connectivity index (χ2n) is 5.91. The Hall–Kier alpha value is -0.610. The average molecular weight is 268 g/mol. The Kier molecular flexibility index (Phi) is 5.22. The van der Waals surface area contributed by atoms with Gasteiger partial charge in [0.2, 0.25) is 5.91 Å². The van der Waals surface area contributed by atoms with E-state index in [0.29, 0.717) is 17.9 Å². The lowest BCUT2D eigenvalue weighted by atomic mass is 9.99. The Bertz CT molecular complexity index is 303. The van der Waals surface area contributed by atoms with Crippen LogP contribution in [0.1, 0.15) is 52.9 Å². The lowest BCUT2D eigenvalue weighted by Crippen LogP contribution is -2.38. The fourth-order valence-corrected chi connectivity index (χ4v) is 3.10. The van der Waals surface area contributed by atoms with Gasteiger partial charge < -0.3 is 9.64 Å². The van der Waals surface area contributed by atoms with Gasteiger partial charge in [0.15, 0.2) is 0 Å². The molecule has 0 spiro atoms. The van der Waals surface area contributed by atoms with E-state index in [1.165, 1.54) is 6.42 Å². The fraction of sp³-hybridized carbons (Fsp3) is 0.933. The van der Waals surface area contributed by atoms with E-state index in [0.717, 1.165) is 38.8 Å². The summed E-state index contributed by atoms with van der Waals surface area (Å²) in [5.41, 5.74) is 0. The molecule has 4 unspecified atom stereocenters.